The summed E-state index contributed by atoms with van der Waals surface area (Å²) in [6.45, 7) is 2.03. The van der Waals surface area contributed by atoms with Gasteiger partial charge in [-0.3, -0.25) is 9.78 Å². The number of benzene rings is 1. The zero-order valence-corrected chi connectivity index (χ0v) is 19.3. The first-order chi connectivity index (χ1) is 15.8. The Morgan fingerprint density at radius 3 is 2.70 bits per heavy atom. The highest BCUT2D eigenvalue weighted by atomic mass is 35.5. The first kappa shape index (κ1) is 21.6. The third-order valence-electron chi connectivity index (χ3n) is 5.91. The third-order valence-corrected chi connectivity index (χ3v) is 7.90. The summed E-state index contributed by atoms with van der Waals surface area (Å²) in [5.74, 6) is 0.837. The third kappa shape index (κ3) is 3.89. The van der Waals surface area contributed by atoms with Gasteiger partial charge in [0.05, 0.1) is 16.5 Å². The van der Waals surface area contributed by atoms with Crippen LogP contribution >= 0.6 is 11.6 Å². The van der Waals surface area contributed by atoms with Gasteiger partial charge in [-0.2, -0.15) is 0 Å². The van der Waals surface area contributed by atoms with Gasteiger partial charge in [0, 0.05) is 24.0 Å². The van der Waals surface area contributed by atoms with Crippen LogP contribution < -0.4 is 4.74 Å². The fourth-order valence-corrected chi connectivity index (χ4v) is 5.82. The number of fused-ring (bicyclic) bond motifs is 2. The van der Waals surface area contributed by atoms with Gasteiger partial charge in [0.2, 0.25) is 5.24 Å². The van der Waals surface area contributed by atoms with Crippen molar-refractivity contribution < 1.29 is 17.9 Å². The van der Waals surface area contributed by atoms with Crippen LogP contribution in [0.4, 0.5) is 0 Å². The van der Waals surface area contributed by atoms with E-state index in [0.717, 1.165) is 15.2 Å². The Balaban J connectivity index is 1.50. The molecule has 5 rings (SSSR count). The number of carbonyl (C=O) groups excluding carboxylic acids is 1. The summed E-state index contributed by atoms with van der Waals surface area (Å²) in [6.07, 6.45) is 5.81. The molecule has 1 aromatic carbocycles. The van der Waals surface area contributed by atoms with E-state index >= 15 is 0 Å². The van der Waals surface area contributed by atoms with Crippen LogP contribution in [-0.2, 0) is 21.2 Å². The molecule has 0 amide bonds. The minimum Gasteiger partial charge on any atom is -0.455 e. The molecule has 4 aromatic rings. The lowest BCUT2D eigenvalue weighted by Gasteiger charge is -2.26. The monoisotopic (exact) mass is 481 g/mol. The Kier molecular flexibility index (Phi) is 5.42. The number of aromatic nitrogens is 3. The number of pyridine rings is 2. The maximum absolute atomic E-state index is 13.1. The van der Waals surface area contributed by atoms with Gasteiger partial charge in [-0.05, 0) is 66.3 Å². The molecule has 0 aliphatic heterocycles. The van der Waals surface area contributed by atoms with Gasteiger partial charge >= 0.3 is 0 Å². The van der Waals surface area contributed by atoms with Gasteiger partial charge < -0.3 is 4.74 Å². The van der Waals surface area contributed by atoms with Crippen molar-refractivity contribution in [1.29, 1.82) is 0 Å². The number of hydrogen-bond acceptors (Lipinski definition) is 6. The Hall–Kier alpha value is -3.23. The molecule has 33 heavy (non-hydrogen) atoms. The minimum atomic E-state index is -3.80. The van der Waals surface area contributed by atoms with Gasteiger partial charge in [-0.15, -0.1) is 0 Å². The van der Waals surface area contributed by atoms with E-state index in [9.17, 15) is 13.2 Å². The number of rotatable bonds is 5. The van der Waals surface area contributed by atoms with Crippen molar-refractivity contribution in [3.8, 4) is 11.5 Å². The lowest BCUT2D eigenvalue weighted by atomic mass is 9.81. The maximum atomic E-state index is 13.1. The SMILES string of the molecule is CC1CC(C(=O)Cl)Cc2cc(Oc3ccnc4c3ccn4S(=O)(=O)c3ccccc3)cnc21. The second kappa shape index (κ2) is 8.28. The van der Waals surface area contributed by atoms with Crippen LogP contribution in [0.25, 0.3) is 11.0 Å². The van der Waals surface area contributed by atoms with Crippen LogP contribution in [0.2, 0.25) is 0 Å². The number of halogens is 1. The molecular weight excluding hydrogens is 462 g/mol. The summed E-state index contributed by atoms with van der Waals surface area (Å²) in [5.41, 5.74) is 2.14. The largest absolute Gasteiger partial charge is 0.455 e. The lowest BCUT2D eigenvalue weighted by molar-refractivity contribution is -0.115. The Bertz CT molecular complexity index is 1470. The van der Waals surface area contributed by atoms with Crippen molar-refractivity contribution in [2.24, 2.45) is 5.92 Å². The highest BCUT2D eigenvalue weighted by Crippen LogP contribution is 2.37. The van der Waals surface area contributed by atoms with Crippen molar-refractivity contribution in [1.82, 2.24) is 13.9 Å². The summed E-state index contributed by atoms with van der Waals surface area (Å²) < 4.78 is 33.4. The van der Waals surface area contributed by atoms with Gasteiger partial charge in [0.15, 0.2) is 5.65 Å². The molecule has 0 radical (unpaired) electrons. The standard InChI is InChI=1S/C24H20ClN3O4S/c1-15-11-17(23(25)29)12-16-13-18(14-27-22(15)16)32-21-7-9-26-24-20(21)8-10-28(24)33(30,31)19-5-3-2-4-6-19/h2-10,13-15,17H,11-12H2,1H3. The van der Waals surface area contributed by atoms with Crippen LogP contribution in [0.5, 0.6) is 11.5 Å². The van der Waals surface area contributed by atoms with Crippen molar-refractivity contribution in [2.45, 2.75) is 30.6 Å². The molecule has 0 spiro atoms. The summed E-state index contributed by atoms with van der Waals surface area (Å²) in [5, 5.41) is 0.215. The van der Waals surface area contributed by atoms with Crippen LogP contribution in [0.3, 0.4) is 0 Å². The van der Waals surface area contributed by atoms with Crippen LogP contribution in [0.1, 0.15) is 30.5 Å². The van der Waals surface area contributed by atoms with E-state index in [-0.39, 0.29) is 27.6 Å². The molecule has 9 heteroatoms. The summed E-state index contributed by atoms with van der Waals surface area (Å²) in [4.78, 5) is 20.7. The van der Waals surface area contributed by atoms with E-state index in [1.165, 1.54) is 12.4 Å². The molecule has 168 valence electrons. The topological polar surface area (TPSA) is 91.1 Å². The number of carbonyl (C=O) groups is 1. The smallest absolute Gasteiger partial charge is 0.269 e. The molecular formula is C24H20ClN3O4S. The fraction of sp³-hybridized carbons (Fsp3) is 0.208. The van der Waals surface area contributed by atoms with Crippen LogP contribution in [0, 0.1) is 5.92 Å². The quantitative estimate of drug-likeness (QED) is 0.377. The van der Waals surface area contributed by atoms with Crippen molar-refractivity contribution in [3.63, 3.8) is 0 Å². The molecule has 1 aliphatic rings. The Morgan fingerprint density at radius 2 is 1.94 bits per heavy atom. The predicted octanol–water partition coefficient (Wildman–Crippen LogP) is 4.89. The molecule has 7 nitrogen and oxygen atoms in total. The number of ether oxygens (including phenoxy) is 1. The van der Waals surface area contributed by atoms with Gasteiger partial charge in [0.25, 0.3) is 10.0 Å². The van der Waals surface area contributed by atoms with Crippen LogP contribution in [-0.4, -0.2) is 27.6 Å². The van der Waals surface area contributed by atoms with E-state index in [2.05, 4.69) is 9.97 Å². The van der Waals surface area contributed by atoms with E-state index < -0.39 is 10.0 Å². The molecule has 0 N–H and O–H groups in total. The summed E-state index contributed by atoms with van der Waals surface area (Å²) in [7, 11) is -3.80. The highest BCUT2D eigenvalue weighted by Gasteiger charge is 2.29. The molecule has 1 aliphatic carbocycles. The minimum absolute atomic E-state index is 0.125. The molecule has 2 atom stereocenters. The average Bonchev–Trinajstić information content (AvgIpc) is 3.25. The van der Waals surface area contributed by atoms with E-state index in [0.29, 0.717) is 29.7 Å². The number of hydrogen-bond donors (Lipinski definition) is 0. The zero-order chi connectivity index (χ0) is 23.2. The molecule has 3 aromatic heterocycles. The van der Waals surface area contributed by atoms with Crippen molar-refractivity contribution >= 4 is 37.9 Å². The van der Waals surface area contributed by atoms with E-state index in [4.69, 9.17) is 16.3 Å². The van der Waals surface area contributed by atoms with Gasteiger partial charge in [-0.1, -0.05) is 25.1 Å². The molecule has 0 bridgehead atoms. The Labute approximate surface area is 196 Å². The Morgan fingerprint density at radius 1 is 1.15 bits per heavy atom. The number of nitrogens with zero attached hydrogens (tertiary/aromatic N) is 3. The van der Waals surface area contributed by atoms with E-state index in [1.807, 2.05) is 13.0 Å². The van der Waals surface area contributed by atoms with Crippen molar-refractivity contribution in [2.75, 3.05) is 0 Å². The normalized spacial score (nSPS) is 18.1. The molecule has 0 saturated carbocycles. The molecule has 0 fully saturated rings. The first-order valence-electron chi connectivity index (χ1n) is 10.5. The highest BCUT2D eigenvalue weighted by molar-refractivity contribution is 7.90. The fourth-order valence-electron chi connectivity index (χ4n) is 4.33. The second-order valence-electron chi connectivity index (χ2n) is 8.14. The van der Waals surface area contributed by atoms with E-state index in [1.54, 1.807) is 48.7 Å². The average molecular weight is 482 g/mol. The molecule has 3 heterocycles. The molecule has 2 unspecified atom stereocenters. The summed E-state index contributed by atoms with van der Waals surface area (Å²) >= 11 is 5.76. The first-order valence-corrected chi connectivity index (χ1v) is 12.3. The van der Waals surface area contributed by atoms with Gasteiger partial charge in [-0.25, -0.2) is 17.4 Å². The van der Waals surface area contributed by atoms with Gasteiger partial charge in [0.1, 0.15) is 11.5 Å². The predicted molar refractivity (Wildman–Crippen MR) is 124 cm³/mol. The lowest BCUT2D eigenvalue weighted by Crippen LogP contribution is -2.22. The molecule has 0 saturated heterocycles. The maximum Gasteiger partial charge on any atom is 0.269 e. The zero-order valence-electron chi connectivity index (χ0n) is 17.7. The second-order valence-corrected chi connectivity index (χ2v) is 10.3. The van der Waals surface area contributed by atoms with Crippen LogP contribution in [0.15, 0.2) is 72.0 Å². The summed E-state index contributed by atoms with van der Waals surface area (Å²) in [6, 6.07) is 13.4. The van der Waals surface area contributed by atoms with Crippen molar-refractivity contribution in [3.05, 3.63) is 78.4 Å².